The van der Waals surface area contributed by atoms with Crippen LogP contribution in [0.1, 0.15) is 18.4 Å². The van der Waals surface area contributed by atoms with Crippen LogP contribution >= 0.6 is 0 Å². The summed E-state index contributed by atoms with van der Waals surface area (Å²) in [5.74, 6) is -1.23. The van der Waals surface area contributed by atoms with Gasteiger partial charge in [0.2, 0.25) is 6.04 Å². The van der Waals surface area contributed by atoms with Crippen molar-refractivity contribution in [2.24, 2.45) is 5.92 Å². The first-order valence-electron chi connectivity index (χ1n) is 7.76. The van der Waals surface area contributed by atoms with E-state index in [-0.39, 0.29) is 30.2 Å². The van der Waals surface area contributed by atoms with Crippen molar-refractivity contribution in [3.8, 4) is 0 Å². The van der Waals surface area contributed by atoms with Gasteiger partial charge in [-0.05, 0) is 11.6 Å². The van der Waals surface area contributed by atoms with Crippen LogP contribution in [0.15, 0.2) is 24.3 Å². The predicted octanol–water partition coefficient (Wildman–Crippen LogP) is 0.856. The summed E-state index contributed by atoms with van der Waals surface area (Å²) in [4.78, 5) is 42.2. The number of hydroxylamine groups is 1. The highest BCUT2D eigenvalue weighted by atomic mass is 16.7. The lowest BCUT2D eigenvalue weighted by Gasteiger charge is -2.33. The van der Waals surface area contributed by atoms with Gasteiger partial charge in [0.1, 0.15) is 11.5 Å². The Labute approximate surface area is 137 Å². The molecule has 4 aliphatic rings. The summed E-state index contributed by atoms with van der Waals surface area (Å²) < 4.78 is 5.70. The Hall–Kier alpha value is -2.32. The molecule has 0 radical (unpaired) electrons. The van der Waals surface area contributed by atoms with Crippen LogP contribution in [0.25, 0.3) is 0 Å². The highest BCUT2D eigenvalue weighted by molar-refractivity contribution is 6.10. The van der Waals surface area contributed by atoms with Crippen LogP contribution in [0, 0.1) is 16.0 Å². The predicted molar refractivity (Wildman–Crippen MR) is 80.9 cm³/mol. The summed E-state index contributed by atoms with van der Waals surface area (Å²) >= 11 is 0. The monoisotopic (exact) mass is 332 g/mol. The fourth-order valence-corrected chi connectivity index (χ4v) is 4.32. The molecule has 1 saturated carbocycles. The molecule has 24 heavy (non-hydrogen) atoms. The van der Waals surface area contributed by atoms with Crippen LogP contribution in [0.2, 0.25) is 0 Å². The van der Waals surface area contributed by atoms with Crippen molar-refractivity contribution in [3.63, 3.8) is 0 Å². The van der Waals surface area contributed by atoms with Crippen molar-refractivity contribution in [2.45, 2.75) is 30.4 Å². The Bertz CT molecular complexity index is 750. The Morgan fingerprint density at radius 2 is 2.12 bits per heavy atom. The number of fused-ring (bicyclic) bond motifs is 4. The fraction of sp³-hybridized carbons (Fsp3) is 0.500. The molecule has 1 aliphatic carbocycles. The average Bonchev–Trinajstić information content (AvgIpc) is 2.68. The number of hydrogen-bond donors (Lipinski definition) is 0. The molecule has 1 spiro atoms. The Morgan fingerprint density at radius 3 is 2.79 bits per heavy atom. The molecule has 2 saturated heterocycles. The lowest BCUT2D eigenvalue weighted by Crippen LogP contribution is -2.53. The van der Waals surface area contributed by atoms with Gasteiger partial charge in [0.05, 0.1) is 25.3 Å². The maximum absolute atomic E-state index is 13.2. The number of ketones is 1. The SMILES string of the molecule is CON1C(=O)C2(CC([N+](=O)[O-])C3COC2C(=O)C3)c2ccccc21. The molecule has 8 nitrogen and oxygen atoms in total. The second kappa shape index (κ2) is 5.09. The maximum atomic E-state index is 13.2. The van der Waals surface area contributed by atoms with E-state index in [9.17, 15) is 19.7 Å². The standard InChI is InChI=1S/C16H16N2O6/c1-23-17-11-5-3-2-4-10(11)16(15(17)20)7-12(18(21)22)9-6-13(19)14(16)24-8-9/h2-5,9,12,14H,6-8H2,1H3. The summed E-state index contributed by atoms with van der Waals surface area (Å²) in [6.45, 7) is 0.117. The van der Waals surface area contributed by atoms with Gasteiger partial charge in [0.15, 0.2) is 5.78 Å². The summed E-state index contributed by atoms with van der Waals surface area (Å²) in [5.41, 5.74) is -0.328. The minimum atomic E-state index is -1.40. The lowest BCUT2D eigenvalue weighted by atomic mass is 9.72. The summed E-state index contributed by atoms with van der Waals surface area (Å²) in [6, 6.07) is 5.91. The number of carbonyl (C=O) groups is 2. The number of amides is 1. The Balaban J connectivity index is 1.96. The van der Waals surface area contributed by atoms with E-state index < -0.39 is 29.4 Å². The van der Waals surface area contributed by atoms with Crippen LogP contribution in [0.3, 0.4) is 0 Å². The summed E-state index contributed by atoms with van der Waals surface area (Å²) in [5, 5.41) is 12.7. The number of nitrogens with zero attached hydrogens (tertiary/aromatic N) is 2. The Morgan fingerprint density at radius 1 is 1.38 bits per heavy atom. The summed E-state index contributed by atoms with van der Waals surface area (Å²) in [7, 11) is 1.36. The van der Waals surface area contributed by atoms with E-state index in [0.29, 0.717) is 11.3 Å². The lowest BCUT2D eigenvalue weighted by molar-refractivity contribution is -0.533. The van der Waals surface area contributed by atoms with Gasteiger partial charge in [-0.3, -0.25) is 24.5 Å². The highest BCUT2D eigenvalue weighted by Crippen LogP contribution is 2.52. The van der Waals surface area contributed by atoms with E-state index in [1.165, 1.54) is 7.11 Å². The van der Waals surface area contributed by atoms with E-state index in [1.807, 2.05) is 0 Å². The molecule has 5 rings (SSSR count). The molecule has 1 amide bonds. The zero-order valence-electron chi connectivity index (χ0n) is 13.0. The van der Waals surface area contributed by atoms with E-state index >= 15 is 0 Å². The van der Waals surface area contributed by atoms with Gasteiger partial charge >= 0.3 is 0 Å². The number of carbonyl (C=O) groups excluding carboxylic acids is 2. The largest absolute Gasteiger partial charge is 0.368 e. The molecule has 4 unspecified atom stereocenters. The number of hydrogen-bond acceptors (Lipinski definition) is 6. The molecule has 3 heterocycles. The van der Waals surface area contributed by atoms with Crippen molar-refractivity contribution in [2.75, 3.05) is 18.8 Å². The van der Waals surface area contributed by atoms with Gasteiger partial charge in [0.25, 0.3) is 5.91 Å². The number of anilines is 1. The minimum Gasteiger partial charge on any atom is -0.368 e. The Kier molecular flexibility index (Phi) is 3.23. The van der Waals surface area contributed by atoms with Crippen LogP contribution in [-0.2, 0) is 24.6 Å². The van der Waals surface area contributed by atoms with E-state index in [2.05, 4.69) is 0 Å². The van der Waals surface area contributed by atoms with Gasteiger partial charge in [-0.2, -0.15) is 5.06 Å². The van der Waals surface area contributed by atoms with Crippen molar-refractivity contribution in [1.82, 2.24) is 0 Å². The molecule has 1 aromatic carbocycles. The number of benzene rings is 1. The maximum Gasteiger partial charge on any atom is 0.265 e. The highest BCUT2D eigenvalue weighted by Gasteiger charge is 2.65. The minimum absolute atomic E-state index is 0.0588. The quantitative estimate of drug-likeness (QED) is 0.588. The van der Waals surface area contributed by atoms with Gasteiger partial charge in [-0.15, -0.1) is 0 Å². The second-order valence-corrected chi connectivity index (χ2v) is 6.47. The molecule has 1 aromatic rings. The number of ether oxygens (including phenoxy) is 1. The third kappa shape index (κ3) is 1.75. The number of rotatable bonds is 2. The second-order valence-electron chi connectivity index (χ2n) is 6.47. The van der Waals surface area contributed by atoms with Crippen LogP contribution in [0.5, 0.6) is 0 Å². The van der Waals surface area contributed by atoms with Crippen molar-refractivity contribution in [1.29, 1.82) is 0 Å². The third-order valence-electron chi connectivity index (χ3n) is 5.38. The molecule has 0 aromatic heterocycles. The van der Waals surface area contributed by atoms with E-state index in [1.54, 1.807) is 24.3 Å². The average molecular weight is 332 g/mol. The molecule has 3 aliphatic heterocycles. The molecule has 8 heteroatoms. The van der Waals surface area contributed by atoms with Crippen LogP contribution in [-0.4, -0.2) is 42.5 Å². The molecular formula is C16H16N2O6. The smallest absolute Gasteiger partial charge is 0.265 e. The zero-order chi connectivity index (χ0) is 17.1. The van der Waals surface area contributed by atoms with Gasteiger partial charge in [0, 0.05) is 17.8 Å². The van der Waals surface area contributed by atoms with Crippen molar-refractivity contribution >= 4 is 17.4 Å². The molecule has 4 atom stereocenters. The molecule has 2 bridgehead atoms. The third-order valence-corrected chi connectivity index (χ3v) is 5.38. The van der Waals surface area contributed by atoms with Crippen molar-refractivity contribution in [3.05, 3.63) is 39.9 Å². The topological polar surface area (TPSA) is 99.0 Å². The summed E-state index contributed by atoms with van der Waals surface area (Å²) in [6.07, 6.45) is -0.996. The number of Topliss-reactive ketones (excluding diaryl/α,β-unsaturated/α-hetero) is 1. The van der Waals surface area contributed by atoms with Gasteiger partial charge < -0.3 is 4.74 Å². The molecular weight excluding hydrogens is 316 g/mol. The van der Waals surface area contributed by atoms with Gasteiger partial charge in [-0.1, -0.05) is 18.2 Å². The fourth-order valence-electron chi connectivity index (χ4n) is 4.32. The van der Waals surface area contributed by atoms with E-state index in [0.717, 1.165) is 5.06 Å². The molecule has 0 N–H and O–H groups in total. The number of para-hydroxylation sites is 1. The first-order chi connectivity index (χ1) is 11.5. The first kappa shape index (κ1) is 15.2. The van der Waals surface area contributed by atoms with Crippen molar-refractivity contribution < 1.29 is 24.1 Å². The molecule has 126 valence electrons. The normalized spacial score (nSPS) is 34.5. The van der Waals surface area contributed by atoms with Crippen LogP contribution < -0.4 is 5.06 Å². The van der Waals surface area contributed by atoms with Gasteiger partial charge in [-0.25, -0.2) is 0 Å². The zero-order valence-corrected chi connectivity index (χ0v) is 13.0. The van der Waals surface area contributed by atoms with Crippen LogP contribution in [0.4, 0.5) is 5.69 Å². The first-order valence-corrected chi connectivity index (χ1v) is 7.76. The van der Waals surface area contributed by atoms with E-state index in [4.69, 9.17) is 9.57 Å². The number of nitro groups is 1. The molecule has 3 fully saturated rings.